The monoisotopic (exact) mass is 370 g/mol. The number of benzene rings is 2. The summed E-state index contributed by atoms with van der Waals surface area (Å²) in [4.78, 5) is 0.102. The maximum atomic E-state index is 12.0. The van der Waals surface area contributed by atoms with Crippen LogP contribution in [0.3, 0.4) is 0 Å². The van der Waals surface area contributed by atoms with Crippen molar-refractivity contribution in [3.63, 3.8) is 0 Å². The van der Waals surface area contributed by atoms with Gasteiger partial charge in [0.1, 0.15) is 0 Å². The Balaban J connectivity index is 1.89. The molecule has 0 aromatic heterocycles. The van der Waals surface area contributed by atoms with Crippen molar-refractivity contribution in [2.75, 3.05) is 6.61 Å². The van der Waals surface area contributed by atoms with Gasteiger partial charge in [0.15, 0.2) is 0 Å². The van der Waals surface area contributed by atoms with E-state index in [0.717, 1.165) is 0 Å². The Morgan fingerprint density at radius 2 is 1.25 bits per heavy atom. The van der Waals surface area contributed by atoms with Crippen LogP contribution in [0, 0.1) is 0 Å². The van der Waals surface area contributed by atoms with Crippen LogP contribution in [0.2, 0.25) is 0 Å². The van der Waals surface area contributed by atoms with E-state index in [1.54, 1.807) is 43.3 Å². The molecule has 2 rings (SSSR count). The molecule has 0 aliphatic carbocycles. The van der Waals surface area contributed by atoms with Crippen LogP contribution >= 0.6 is 0 Å². The second kappa shape index (κ2) is 7.89. The number of hydrogen-bond acceptors (Lipinski definition) is 6. The first-order valence-corrected chi connectivity index (χ1v) is 10.1. The first-order chi connectivity index (χ1) is 11.3. The molecule has 0 saturated carbocycles. The molecule has 0 saturated heterocycles. The Hall–Kier alpha value is -1.74. The van der Waals surface area contributed by atoms with Gasteiger partial charge in [0, 0.05) is 0 Å². The third kappa shape index (κ3) is 5.13. The molecule has 8 heteroatoms. The van der Waals surface area contributed by atoms with Gasteiger partial charge in [-0.05, 0) is 37.6 Å². The molecule has 1 unspecified atom stereocenters. The van der Waals surface area contributed by atoms with Gasteiger partial charge in [0.25, 0.3) is 20.2 Å². The Bertz CT molecular complexity index is 846. The van der Waals surface area contributed by atoms with Crippen molar-refractivity contribution in [2.45, 2.75) is 29.2 Å². The zero-order valence-electron chi connectivity index (χ0n) is 13.0. The molecule has 0 bridgehead atoms. The van der Waals surface area contributed by atoms with Crippen LogP contribution in [0.4, 0.5) is 0 Å². The minimum atomic E-state index is -3.88. The number of hydrogen-bond donors (Lipinski definition) is 0. The summed E-state index contributed by atoms with van der Waals surface area (Å²) in [5, 5.41) is 0. The van der Waals surface area contributed by atoms with Crippen molar-refractivity contribution in [3.8, 4) is 0 Å². The molecule has 0 radical (unpaired) electrons. The Morgan fingerprint density at radius 3 is 1.75 bits per heavy atom. The first-order valence-electron chi connectivity index (χ1n) is 7.24. The Morgan fingerprint density at radius 1 is 0.792 bits per heavy atom. The highest BCUT2D eigenvalue weighted by molar-refractivity contribution is 7.87. The second-order valence-electron chi connectivity index (χ2n) is 5.05. The molecule has 0 spiro atoms. The molecule has 0 heterocycles. The molecule has 24 heavy (non-hydrogen) atoms. The smallest absolute Gasteiger partial charge is 0.266 e. The zero-order chi connectivity index (χ0) is 17.6. The third-order valence-electron chi connectivity index (χ3n) is 3.12. The summed E-state index contributed by atoms with van der Waals surface area (Å²) in [6.45, 7) is 1.36. The fraction of sp³-hybridized carbons (Fsp3) is 0.250. The Kier molecular flexibility index (Phi) is 6.11. The van der Waals surface area contributed by atoms with Crippen LogP contribution < -0.4 is 0 Å². The van der Waals surface area contributed by atoms with Crippen LogP contribution in [-0.2, 0) is 28.6 Å². The average Bonchev–Trinajstić information content (AvgIpc) is 2.56. The van der Waals surface area contributed by atoms with Crippen LogP contribution in [0.25, 0.3) is 0 Å². The minimum absolute atomic E-state index is 0.0506. The molecule has 0 N–H and O–H groups in total. The summed E-state index contributed by atoms with van der Waals surface area (Å²) in [6.07, 6.45) is -0.612. The summed E-state index contributed by atoms with van der Waals surface area (Å²) in [6, 6.07) is 15.5. The highest BCUT2D eigenvalue weighted by atomic mass is 32.2. The highest BCUT2D eigenvalue weighted by Gasteiger charge is 2.20. The molecule has 0 amide bonds. The zero-order valence-corrected chi connectivity index (χ0v) is 14.7. The van der Waals surface area contributed by atoms with Gasteiger partial charge >= 0.3 is 0 Å². The van der Waals surface area contributed by atoms with Crippen LogP contribution in [0.15, 0.2) is 70.5 Å². The lowest BCUT2D eigenvalue weighted by molar-refractivity contribution is 0.185. The lowest BCUT2D eigenvalue weighted by atomic mass is 10.3. The van der Waals surface area contributed by atoms with E-state index in [1.165, 1.54) is 24.3 Å². The van der Waals surface area contributed by atoms with Gasteiger partial charge in [0.2, 0.25) is 0 Å². The van der Waals surface area contributed by atoms with Crippen molar-refractivity contribution in [1.29, 1.82) is 0 Å². The van der Waals surface area contributed by atoms with Gasteiger partial charge in [-0.2, -0.15) is 16.8 Å². The maximum Gasteiger partial charge on any atom is 0.297 e. The van der Waals surface area contributed by atoms with E-state index in [-0.39, 0.29) is 22.8 Å². The van der Waals surface area contributed by atoms with Crippen LogP contribution in [0.5, 0.6) is 0 Å². The van der Waals surface area contributed by atoms with Gasteiger partial charge < -0.3 is 0 Å². The summed E-state index contributed by atoms with van der Waals surface area (Å²) in [7, 11) is -7.74. The maximum absolute atomic E-state index is 12.0. The van der Waals surface area contributed by atoms with Crippen molar-refractivity contribution in [3.05, 3.63) is 60.7 Å². The van der Waals surface area contributed by atoms with Crippen LogP contribution in [0.1, 0.15) is 13.3 Å². The largest absolute Gasteiger partial charge is 0.297 e. The lowest BCUT2D eigenvalue weighted by Gasteiger charge is -2.13. The highest BCUT2D eigenvalue weighted by Crippen LogP contribution is 2.16. The lowest BCUT2D eigenvalue weighted by Crippen LogP contribution is -2.18. The van der Waals surface area contributed by atoms with Gasteiger partial charge in [0.05, 0.1) is 22.5 Å². The fourth-order valence-corrected chi connectivity index (χ4v) is 3.96. The van der Waals surface area contributed by atoms with Gasteiger partial charge in [-0.15, -0.1) is 0 Å². The van der Waals surface area contributed by atoms with E-state index in [0.29, 0.717) is 0 Å². The van der Waals surface area contributed by atoms with E-state index in [1.807, 2.05) is 0 Å². The molecular formula is C16H18O6S2. The Labute approximate surface area is 142 Å². The van der Waals surface area contributed by atoms with E-state index < -0.39 is 26.3 Å². The fourth-order valence-electron chi connectivity index (χ4n) is 1.89. The molecule has 0 aliphatic heterocycles. The van der Waals surface area contributed by atoms with E-state index >= 15 is 0 Å². The third-order valence-corrected chi connectivity index (χ3v) is 5.88. The van der Waals surface area contributed by atoms with Crippen LogP contribution in [-0.4, -0.2) is 29.5 Å². The normalized spacial score (nSPS) is 13.5. The molecule has 0 aliphatic rings. The van der Waals surface area contributed by atoms with E-state index in [2.05, 4.69) is 0 Å². The molecule has 1 atom stereocenters. The summed E-state index contributed by atoms with van der Waals surface area (Å²) >= 11 is 0. The van der Waals surface area contributed by atoms with Gasteiger partial charge in [-0.3, -0.25) is 8.37 Å². The quantitative estimate of drug-likeness (QED) is 0.664. The van der Waals surface area contributed by atoms with Gasteiger partial charge in [-0.25, -0.2) is 0 Å². The SMILES string of the molecule is CC(CCOS(=O)(=O)c1ccccc1)OS(=O)(=O)c1ccccc1. The molecule has 130 valence electrons. The summed E-state index contributed by atoms with van der Waals surface area (Å²) < 4.78 is 57.9. The van der Waals surface area contributed by atoms with Crippen molar-refractivity contribution < 1.29 is 25.2 Å². The van der Waals surface area contributed by atoms with E-state index in [4.69, 9.17) is 8.37 Å². The molecule has 6 nitrogen and oxygen atoms in total. The minimum Gasteiger partial charge on any atom is -0.266 e. The van der Waals surface area contributed by atoms with Crippen molar-refractivity contribution in [1.82, 2.24) is 0 Å². The molecule has 2 aromatic rings. The standard InChI is InChI=1S/C16H18O6S2/c1-14(22-24(19,20)16-10-6-3-7-11-16)12-13-21-23(17,18)15-8-4-2-5-9-15/h2-11,14H,12-13H2,1H3. The predicted octanol–water partition coefficient (Wildman–Crippen LogP) is 2.58. The second-order valence-corrected chi connectivity index (χ2v) is 8.24. The molecule has 0 fully saturated rings. The van der Waals surface area contributed by atoms with Crippen molar-refractivity contribution >= 4 is 20.2 Å². The molecular weight excluding hydrogens is 352 g/mol. The first kappa shape index (κ1) is 18.6. The predicted molar refractivity (Wildman–Crippen MR) is 88.4 cm³/mol. The number of rotatable bonds is 8. The average molecular weight is 370 g/mol. The molecule has 2 aromatic carbocycles. The summed E-state index contributed by atoms with van der Waals surface area (Å²) in [5.41, 5.74) is 0. The van der Waals surface area contributed by atoms with Crippen molar-refractivity contribution in [2.24, 2.45) is 0 Å². The topological polar surface area (TPSA) is 86.7 Å². The van der Waals surface area contributed by atoms with Gasteiger partial charge in [-0.1, -0.05) is 36.4 Å². The summed E-state index contributed by atoms with van der Waals surface area (Å²) in [5.74, 6) is 0. The van der Waals surface area contributed by atoms with E-state index in [9.17, 15) is 16.8 Å².